The summed E-state index contributed by atoms with van der Waals surface area (Å²) in [5.41, 5.74) is 0.465. The maximum absolute atomic E-state index is 12.9. The fourth-order valence-corrected chi connectivity index (χ4v) is 4.25. The summed E-state index contributed by atoms with van der Waals surface area (Å²) in [6, 6.07) is 7.27. The molecule has 0 spiro atoms. The number of benzene rings is 1. The number of hydrogen-bond acceptors (Lipinski definition) is 8. The molecular weight excluding hydrogens is 430 g/mol. The van der Waals surface area contributed by atoms with Crippen molar-refractivity contribution in [3.8, 4) is 11.5 Å². The van der Waals surface area contributed by atoms with Gasteiger partial charge in [-0.25, -0.2) is 4.79 Å². The van der Waals surface area contributed by atoms with E-state index in [4.69, 9.17) is 13.9 Å². The van der Waals surface area contributed by atoms with Crippen LogP contribution in [0.5, 0.6) is 11.5 Å². The number of rotatable bonds is 5. The summed E-state index contributed by atoms with van der Waals surface area (Å²) in [6.07, 6.45) is 0.807. The Balaban J connectivity index is 1.11. The number of allylic oxidation sites excluding steroid dienone is 1. The zero-order chi connectivity index (χ0) is 22.9. The van der Waals surface area contributed by atoms with Crippen LogP contribution in [0.25, 0.3) is 6.08 Å². The third-order valence-electron chi connectivity index (χ3n) is 6.09. The number of oxazole rings is 1. The number of hydrogen-bond donors (Lipinski definition) is 1. The smallest absolute Gasteiger partial charge is 0.417 e. The molecule has 1 unspecified atom stereocenters. The number of piperazine rings is 1. The molecule has 1 amide bonds. The van der Waals surface area contributed by atoms with Crippen LogP contribution in [-0.2, 0) is 20.8 Å². The van der Waals surface area contributed by atoms with Crippen molar-refractivity contribution in [1.29, 1.82) is 0 Å². The van der Waals surface area contributed by atoms with E-state index in [1.54, 1.807) is 17.0 Å². The fraction of sp³-hybridized carbons (Fsp3) is 0.391. The number of H-pyrrole nitrogens is 1. The summed E-state index contributed by atoms with van der Waals surface area (Å²) in [4.78, 5) is 55.3. The summed E-state index contributed by atoms with van der Waals surface area (Å²) < 4.78 is 16.4. The molecule has 3 heterocycles. The lowest BCUT2D eigenvalue weighted by Crippen LogP contribution is -2.54. The molecule has 172 valence electrons. The van der Waals surface area contributed by atoms with Crippen molar-refractivity contribution in [2.75, 3.05) is 39.3 Å². The molecule has 10 nitrogen and oxygen atoms in total. The van der Waals surface area contributed by atoms with Crippen molar-refractivity contribution in [2.45, 2.75) is 18.9 Å². The van der Waals surface area contributed by atoms with Gasteiger partial charge in [0.25, 0.3) is 5.91 Å². The minimum Gasteiger partial charge on any atom is -0.485 e. The van der Waals surface area contributed by atoms with Gasteiger partial charge in [0.15, 0.2) is 28.8 Å². The minimum absolute atomic E-state index is 0.0448. The molecule has 3 aliphatic rings. The first-order valence-electron chi connectivity index (χ1n) is 10.9. The predicted molar refractivity (Wildman–Crippen MR) is 115 cm³/mol. The number of nitrogens with zero attached hydrogens (tertiary/aromatic N) is 2. The third-order valence-corrected chi connectivity index (χ3v) is 6.09. The maximum Gasteiger partial charge on any atom is 0.417 e. The standard InChI is InChI=1S/C23H23N3O7/c27-16(14-11-20-15(12-17(14)28)24-23(30)33-20)5-6-25-7-9-26(10-8-25)22(29)21-13-31-18-3-1-2-4-19(18)32-21/h1-4,11,21H,5-10,12-13H2,(H,24,30). The van der Waals surface area contributed by atoms with Crippen molar-refractivity contribution in [3.63, 3.8) is 0 Å². The second-order valence-corrected chi connectivity index (χ2v) is 8.22. The van der Waals surface area contributed by atoms with Crippen molar-refractivity contribution < 1.29 is 28.3 Å². The lowest BCUT2D eigenvalue weighted by atomic mass is 9.94. The van der Waals surface area contributed by atoms with Gasteiger partial charge in [-0.05, 0) is 18.2 Å². The van der Waals surface area contributed by atoms with E-state index < -0.39 is 11.9 Å². The zero-order valence-electron chi connectivity index (χ0n) is 17.9. The van der Waals surface area contributed by atoms with Crippen LogP contribution < -0.4 is 15.2 Å². The molecule has 0 saturated carbocycles. The monoisotopic (exact) mass is 453 g/mol. The second-order valence-electron chi connectivity index (χ2n) is 8.22. The van der Waals surface area contributed by atoms with E-state index in [0.717, 1.165) is 0 Å². The van der Waals surface area contributed by atoms with Crippen LogP contribution in [0.2, 0.25) is 0 Å². The average Bonchev–Trinajstić information content (AvgIpc) is 3.20. The Morgan fingerprint density at radius 3 is 2.61 bits per heavy atom. The summed E-state index contributed by atoms with van der Waals surface area (Å²) in [7, 11) is 0. The highest BCUT2D eigenvalue weighted by Crippen LogP contribution is 2.31. The Hall–Kier alpha value is -3.66. The summed E-state index contributed by atoms with van der Waals surface area (Å²) in [6.45, 7) is 2.94. The average molecular weight is 453 g/mol. The van der Waals surface area contributed by atoms with Crippen LogP contribution >= 0.6 is 0 Å². The molecular formula is C23H23N3O7. The molecule has 5 rings (SSSR count). The molecule has 10 heteroatoms. The highest BCUT2D eigenvalue weighted by atomic mass is 16.6. The van der Waals surface area contributed by atoms with E-state index in [2.05, 4.69) is 9.88 Å². The number of para-hydroxylation sites is 2. The SMILES string of the molecule is O=C(CCN1CCN(C(=O)C2COc3ccccc3O2)CC1)C1=Cc2oc(=O)[nH]c2CC1=O. The molecule has 1 N–H and O–H groups in total. The normalized spacial score (nSPS) is 20.2. The van der Waals surface area contributed by atoms with Gasteiger partial charge in [-0.1, -0.05) is 12.1 Å². The van der Waals surface area contributed by atoms with Crippen molar-refractivity contribution >= 4 is 23.5 Å². The number of Topliss-reactive ketones (excluding diaryl/α,β-unsaturated/α-hetero) is 2. The van der Waals surface area contributed by atoms with Gasteiger partial charge in [0.05, 0.1) is 17.7 Å². The Morgan fingerprint density at radius 1 is 1.06 bits per heavy atom. The van der Waals surface area contributed by atoms with Gasteiger partial charge in [-0.15, -0.1) is 0 Å². The van der Waals surface area contributed by atoms with Gasteiger partial charge < -0.3 is 18.8 Å². The van der Waals surface area contributed by atoms with Gasteiger partial charge in [0.1, 0.15) is 6.61 Å². The first kappa shape index (κ1) is 21.2. The van der Waals surface area contributed by atoms with E-state index in [1.165, 1.54) is 6.08 Å². The van der Waals surface area contributed by atoms with E-state index in [9.17, 15) is 19.2 Å². The predicted octanol–water partition coefficient (Wildman–Crippen LogP) is 0.420. The third kappa shape index (κ3) is 4.34. The van der Waals surface area contributed by atoms with Gasteiger partial charge >= 0.3 is 5.76 Å². The Kier molecular flexibility index (Phi) is 5.59. The molecule has 0 bridgehead atoms. The topological polar surface area (TPSA) is 122 Å². The molecule has 33 heavy (non-hydrogen) atoms. The molecule has 1 saturated heterocycles. The quantitative estimate of drug-likeness (QED) is 0.647. The fourth-order valence-electron chi connectivity index (χ4n) is 4.25. The molecule has 1 fully saturated rings. The largest absolute Gasteiger partial charge is 0.485 e. The van der Waals surface area contributed by atoms with E-state index in [1.807, 2.05) is 12.1 Å². The molecule has 1 atom stereocenters. The van der Waals surface area contributed by atoms with Crippen molar-refractivity contribution in [1.82, 2.24) is 14.8 Å². The van der Waals surface area contributed by atoms with Gasteiger partial charge in [0, 0.05) is 39.1 Å². The van der Waals surface area contributed by atoms with Crippen molar-refractivity contribution in [3.05, 3.63) is 51.8 Å². The Bertz CT molecular complexity index is 1190. The number of carbonyl (C=O) groups is 3. The Morgan fingerprint density at radius 2 is 1.82 bits per heavy atom. The highest BCUT2D eigenvalue weighted by Gasteiger charge is 2.33. The van der Waals surface area contributed by atoms with Gasteiger partial charge in [-0.3, -0.25) is 24.3 Å². The van der Waals surface area contributed by atoms with Crippen LogP contribution in [-0.4, -0.2) is 77.7 Å². The van der Waals surface area contributed by atoms with Crippen LogP contribution in [0.3, 0.4) is 0 Å². The number of fused-ring (bicyclic) bond motifs is 2. The molecule has 1 aliphatic carbocycles. The number of aromatic nitrogens is 1. The highest BCUT2D eigenvalue weighted by molar-refractivity contribution is 6.24. The Labute approximate surface area is 188 Å². The van der Waals surface area contributed by atoms with E-state index in [0.29, 0.717) is 49.9 Å². The van der Waals surface area contributed by atoms with E-state index >= 15 is 0 Å². The minimum atomic E-state index is -0.671. The molecule has 2 aliphatic heterocycles. The first-order valence-corrected chi connectivity index (χ1v) is 10.9. The number of ether oxygens (including phenoxy) is 2. The van der Waals surface area contributed by atoms with Crippen LogP contribution in [0.1, 0.15) is 17.9 Å². The molecule has 1 aromatic heterocycles. The number of amides is 1. The number of ketones is 2. The second kappa shape index (κ2) is 8.70. The van der Waals surface area contributed by atoms with Crippen LogP contribution in [0.4, 0.5) is 0 Å². The van der Waals surface area contributed by atoms with Crippen LogP contribution in [0.15, 0.2) is 39.1 Å². The maximum atomic E-state index is 12.9. The van der Waals surface area contributed by atoms with Crippen LogP contribution in [0, 0.1) is 0 Å². The lowest BCUT2D eigenvalue weighted by Gasteiger charge is -2.37. The summed E-state index contributed by atoms with van der Waals surface area (Å²) in [5, 5.41) is 0. The summed E-state index contributed by atoms with van der Waals surface area (Å²) >= 11 is 0. The molecule has 2 aromatic rings. The van der Waals surface area contributed by atoms with Gasteiger partial charge in [0.2, 0.25) is 6.10 Å². The molecule has 0 radical (unpaired) electrons. The molecule has 1 aromatic carbocycles. The zero-order valence-corrected chi connectivity index (χ0v) is 17.9. The summed E-state index contributed by atoms with van der Waals surface area (Å²) in [5.74, 6) is 0.0955. The first-order chi connectivity index (χ1) is 16.0. The van der Waals surface area contributed by atoms with E-state index in [-0.39, 0.29) is 48.3 Å². The number of nitrogens with one attached hydrogen (secondary N) is 1. The van der Waals surface area contributed by atoms with Gasteiger partial charge in [-0.2, -0.15) is 0 Å². The van der Waals surface area contributed by atoms with Crippen molar-refractivity contribution in [2.24, 2.45) is 0 Å². The lowest BCUT2D eigenvalue weighted by molar-refractivity contribution is -0.143. The number of aromatic amines is 1. The number of carbonyl (C=O) groups excluding carboxylic acids is 3.